The number of benzene rings is 2. The molecule has 0 fully saturated rings. The van der Waals surface area contributed by atoms with Crippen molar-refractivity contribution in [3.05, 3.63) is 56.5 Å². The van der Waals surface area contributed by atoms with Gasteiger partial charge in [-0.15, -0.1) is 0 Å². The molecule has 1 atom stereocenters. The van der Waals surface area contributed by atoms with Crippen LogP contribution in [0, 0.1) is 0 Å². The summed E-state index contributed by atoms with van der Waals surface area (Å²) in [6.07, 6.45) is 3.45. The molecular formula is C20H21Br2NO3. The first-order valence-corrected chi connectivity index (χ1v) is 10.3. The van der Waals surface area contributed by atoms with E-state index in [4.69, 9.17) is 15.2 Å². The van der Waals surface area contributed by atoms with Crippen LogP contribution in [0.5, 0.6) is 11.5 Å². The second kappa shape index (κ2) is 9.02. The van der Waals surface area contributed by atoms with Gasteiger partial charge in [-0.3, -0.25) is 4.79 Å². The first-order valence-electron chi connectivity index (χ1n) is 8.68. The molecule has 0 spiro atoms. The maximum atomic E-state index is 11.5. The van der Waals surface area contributed by atoms with Gasteiger partial charge in [0.2, 0.25) is 0 Å². The molecule has 138 valence electrons. The van der Waals surface area contributed by atoms with E-state index in [1.807, 2.05) is 36.4 Å². The Bertz CT molecular complexity index is 795. The number of hydrogen-bond donors (Lipinski definition) is 1. The van der Waals surface area contributed by atoms with Crippen molar-refractivity contribution < 1.29 is 14.3 Å². The molecule has 6 heteroatoms. The molecule has 1 unspecified atom stereocenters. The lowest BCUT2D eigenvalue weighted by Crippen LogP contribution is -2.08. The van der Waals surface area contributed by atoms with Gasteiger partial charge >= 0.3 is 0 Å². The van der Waals surface area contributed by atoms with Crippen molar-refractivity contribution in [3.63, 3.8) is 0 Å². The summed E-state index contributed by atoms with van der Waals surface area (Å²) in [5.41, 5.74) is 7.84. The predicted octanol–water partition coefficient (Wildman–Crippen LogP) is 5.43. The second-order valence-corrected chi connectivity index (χ2v) is 8.13. The molecule has 0 amide bonds. The molecule has 0 aromatic heterocycles. The van der Waals surface area contributed by atoms with E-state index in [1.165, 1.54) is 0 Å². The van der Waals surface area contributed by atoms with E-state index in [0.29, 0.717) is 24.3 Å². The lowest BCUT2D eigenvalue weighted by molar-refractivity contribution is 0.0983. The van der Waals surface area contributed by atoms with Crippen LogP contribution >= 0.6 is 31.9 Å². The van der Waals surface area contributed by atoms with Crippen LogP contribution in [0.2, 0.25) is 0 Å². The Balaban J connectivity index is 0.000000151. The minimum Gasteiger partial charge on any atom is -0.493 e. The molecule has 0 saturated heterocycles. The number of halogens is 2. The lowest BCUT2D eigenvalue weighted by Gasteiger charge is -2.11. The number of Topliss-reactive ketones (excluding diaryl/α,β-unsaturated/α-hetero) is 1. The van der Waals surface area contributed by atoms with Gasteiger partial charge in [-0.05, 0) is 49.6 Å². The molecule has 4 rings (SSSR count). The Morgan fingerprint density at radius 3 is 2.38 bits per heavy atom. The van der Waals surface area contributed by atoms with Crippen LogP contribution < -0.4 is 15.2 Å². The summed E-state index contributed by atoms with van der Waals surface area (Å²) < 4.78 is 13.0. The molecule has 2 aromatic rings. The highest BCUT2D eigenvalue weighted by molar-refractivity contribution is 9.10. The number of ketones is 1. The SMILES string of the molecule is NC1CCCOc2cc(Br)ccc21.O=C1CCCOc2cc(Br)ccc21. The average Bonchev–Trinajstić information content (AvgIpc) is 2.91. The zero-order chi connectivity index (χ0) is 18.5. The van der Waals surface area contributed by atoms with E-state index in [1.54, 1.807) is 0 Å². The Labute approximate surface area is 170 Å². The van der Waals surface area contributed by atoms with Gasteiger partial charge in [0.25, 0.3) is 0 Å². The van der Waals surface area contributed by atoms with Crippen molar-refractivity contribution in [3.8, 4) is 11.5 Å². The van der Waals surface area contributed by atoms with Crippen LogP contribution in [0.1, 0.15) is 47.6 Å². The molecule has 0 saturated carbocycles. The minimum absolute atomic E-state index is 0.130. The van der Waals surface area contributed by atoms with Gasteiger partial charge in [0.05, 0.1) is 18.8 Å². The highest BCUT2D eigenvalue weighted by Crippen LogP contribution is 2.32. The van der Waals surface area contributed by atoms with Crippen LogP contribution in [0.15, 0.2) is 45.3 Å². The maximum Gasteiger partial charge on any atom is 0.166 e. The van der Waals surface area contributed by atoms with Crippen molar-refractivity contribution in [2.24, 2.45) is 5.73 Å². The van der Waals surface area contributed by atoms with Gasteiger partial charge in [0.1, 0.15) is 11.5 Å². The van der Waals surface area contributed by atoms with Crippen molar-refractivity contribution >= 4 is 37.6 Å². The smallest absolute Gasteiger partial charge is 0.166 e. The standard InChI is InChI=1S/C10H12BrNO.C10H9BrO2/c2*11-7-3-4-8-9(12)2-1-5-13-10(8)6-7/h3-4,6,9H,1-2,5,12H2;3-4,6H,1-2,5H2. The van der Waals surface area contributed by atoms with Gasteiger partial charge in [0.15, 0.2) is 5.78 Å². The number of ether oxygens (including phenoxy) is 2. The molecule has 0 aliphatic carbocycles. The fourth-order valence-corrected chi connectivity index (χ4v) is 3.66. The van der Waals surface area contributed by atoms with Gasteiger partial charge < -0.3 is 15.2 Å². The molecule has 0 radical (unpaired) electrons. The molecule has 2 aliphatic rings. The Morgan fingerprint density at radius 1 is 0.923 bits per heavy atom. The molecule has 4 nitrogen and oxygen atoms in total. The molecule has 0 bridgehead atoms. The van der Waals surface area contributed by atoms with E-state index in [9.17, 15) is 4.79 Å². The zero-order valence-corrected chi connectivity index (χ0v) is 17.5. The van der Waals surface area contributed by atoms with Crippen LogP contribution in [0.25, 0.3) is 0 Å². The summed E-state index contributed by atoms with van der Waals surface area (Å²) in [5, 5.41) is 0. The van der Waals surface area contributed by atoms with Crippen molar-refractivity contribution in [2.75, 3.05) is 13.2 Å². The normalized spacial score (nSPS) is 18.7. The van der Waals surface area contributed by atoms with Crippen molar-refractivity contribution in [2.45, 2.75) is 31.7 Å². The van der Waals surface area contributed by atoms with Crippen LogP contribution in [-0.2, 0) is 0 Å². The maximum absolute atomic E-state index is 11.5. The zero-order valence-electron chi connectivity index (χ0n) is 14.3. The molecule has 26 heavy (non-hydrogen) atoms. The number of hydrogen-bond acceptors (Lipinski definition) is 4. The summed E-state index contributed by atoms with van der Waals surface area (Å²) in [6, 6.07) is 11.7. The Morgan fingerprint density at radius 2 is 1.58 bits per heavy atom. The fraction of sp³-hybridized carbons (Fsp3) is 0.350. The third-order valence-corrected chi connectivity index (χ3v) is 5.33. The first-order chi connectivity index (χ1) is 12.5. The van der Waals surface area contributed by atoms with Crippen LogP contribution in [0.3, 0.4) is 0 Å². The highest BCUT2D eigenvalue weighted by Gasteiger charge is 2.17. The van der Waals surface area contributed by atoms with Gasteiger partial charge in [-0.1, -0.05) is 37.9 Å². The summed E-state index contributed by atoms with van der Waals surface area (Å²) >= 11 is 6.76. The van der Waals surface area contributed by atoms with Crippen LogP contribution in [0.4, 0.5) is 0 Å². The molecular weight excluding hydrogens is 462 g/mol. The predicted molar refractivity (Wildman–Crippen MR) is 109 cm³/mol. The van der Waals surface area contributed by atoms with E-state index >= 15 is 0 Å². The topological polar surface area (TPSA) is 61.5 Å². The molecule has 2 heterocycles. The quantitative estimate of drug-likeness (QED) is 0.544. The van der Waals surface area contributed by atoms with Gasteiger partial charge in [0, 0.05) is 27.0 Å². The summed E-state index contributed by atoms with van der Waals surface area (Å²) in [7, 11) is 0. The average molecular weight is 483 g/mol. The van der Waals surface area contributed by atoms with Crippen molar-refractivity contribution in [1.29, 1.82) is 0 Å². The van der Waals surface area contributed by atoms with Gasteiger partial charge in [-0.2, -0.15) is 0 Å². The fourth-order valence-electron chi connectivity index (χ4n) is 2.98. The molecule has 2 aromatic carbocycles. The Kier molecular flexibility index (Phi) is 6.73. The largest absolute Gasteiger partial charge is 0.493 e. The second-order valence-electron chi connectivity index (χ2n) is 6.30. The summed E-state index contributed by atoms with van der Waals surface area (Å²) in [4.78, 5) is 11.5. The number of fused-ring (bicyclic) bond motifs is 2. The number of rotatable bonds is 0. The number of carbonyl (C=O) groups is 1. The first kappa shape index (κ1) is 19.4. The lowest BCUT2D eigenvalue weighted by atomic mass is 10.0. The summed E-state index contributed by atoms with van der Waals surface area (Å²) in [5.74, 6) is 1.82. The van der Waals surface area contributed by atoms with Gasteiger partial charge in [-0.25, -0.2) is 0 Å². The van der Waals surface area contributed by atoms with E-state index in [0.717, 1.165) is 46.1 Å². The number of nitrogens with two attached hydrogens (primary N) is 1. The molecule has 2 N–H and O–H groups in total. The number of carbonyl (C=O) groups excluding carboxylic acids is 1. The van der Waals surface area contributed by atoms with Crippen molar-refractivity contribution in [1.82, 2.24) is 0 Å². The van der Waals surface area contributed by atoms with Crippen LogP contribution in [-0.4, -0.2) is 19.0 Å². The summed E-state index contributed by atoms with van der Waals surface area (Å²) in [6.45, 7) is 1.41. The third kappa shape index (κ3) is 4.87. The van der Waals surface area contributed by atoms with E-state index < -0.39 is 0 Å². The monoisotopic (exact) mass is 481 g/mol. The molecule has 2 aliphatic heterocycles. The third-order valence-electron chi connectivity index (χ3n) is 4.34. The minimum atomic E-state index is 0.130. The Hall–Kier alpha value is -1.37. The van der Waals surface area contributed by atoms with E-state index in [-0.39, 0.29) is 11.8 Å². The highest BCUT2D eigenvalue weighted by atomic mass is 79.9. The van der Waals surface area contributed by atoms with E-state index in [2.05, 4.69) is 31.9 Å².